The van der Waals surface area contributed by atoms with Crippen molar-refractivity contribution in [2.45, 2.75) is 6.42 Å². The number of rotatable bonds is 5. The Hall–Kier alpha value is -2.27. The largest absolute Gasteiger partial charge is 0.505 e. The average Bonchev–Trinajstić information content (AvgIpc) is 2.29. The standard InChI is InChI=1S/C9H11N5O2/c10-14-13-4-1-3-12-9(16)7-2-5-11-6-8(7)15/h2,5-6,15H,1,3-4H2,(H,12,16). The Morgan fingerprint density at radius 3 is 3.19 bits per heavy atom. The number of carbonyl (C=O) groups excluding carboxylic acids is 1. The third kappa shape index (κ3) is 3.47. The SMILES string of the molecule is [N-]=[N+]=NCCCNC(=O)c1ccncc1O. The van der Waals surface area contributed by atoms with Gasteiger partial charge in [0.05, 0.1) is 11.8 Å². The van der Waals surface area contributed by atoms with E-state index in [0.29, 0.717) is 19.5 Å². The van der Waals surface area contributed by atoms with Gasteiger partial charge >= 0.3 is 0 Å². The predicted octanol–water partition coefficient (Wildman–Crippen LogP) is 1.22. The Kier molecular flexibility index (Phi) is 4.62. The van der Waals surface area contributed by atoms with Gasteiger partial charge in [-0.05, 0) is 18.0 Å². The summed E-state index contributed by atoms with van der Waals surface area (Å²) in [5.74, 6) is -0.532. The molecule has 0 atom stereocenters. The van der Waals surface area contributed by atoms with E-state index in [-0.39, 0.29) is 17.2 Å². The summed E-state index contributed by atoms with van der Waals surface area (Å²) in [5.41, 5.74) is 8.20. The number of hydrogen-bond acceptors (Lipinski definition) is 4. The van der Waals surface area contributed by atoms with E-state index in [9.17, 15) is 9.90 Å². The Bertz CT molecular complexity index is 414. The highest BCUT2D eigenvalue weighted by atomic mass is 16.3. The molecule has 0 saturated carbocycles. The maximum atomic E-state index is 11.5. The highest BCUT2D eigenvalue weighted by Gasteiger charge is 2.09. The highest BCUT2D eigenvalue weighted by Crippen LogP contribution is 2.12. The fraction of sp³-hybridized carbons (Fsp3) is 0.333. The molecule has 7 heteroatoms. The van der Waals surface area contributed by atoms with Crippen LogP contribution < -0.4 is 5.32 Å². The van der Waals surface area contributed by atoms with Gasteiger partial charge in [-0.2, -0.15) is 0 Å². The molecule has 0 aliphatic heterocycles. The van der Waals surface area contributed by atoms with Crippen molar-refractivity contribution in [3.05, 3.63) is 34.5 Å². The van der Waals surface area contributed by atoms with E-state index in [4.69, 9.17) is 5.53 Å². The number of azide groups is 1. The molecule has 0 spiro atoms. The zero-order chi connectivity index (χ0) is 11.8. The molecular weight excluding hydrogens is 210 g/mol. The van der Waals surface area contributed by atoms with Crippen molar-refractivity contribution in [2.24, 2.45) is 5.11 Å². The number of aromatic nitrogens is 1. The van der Waals surface area contributed by atoms with Gasteiger partial charge < -0.3 is 10.4 Å². The van der Waals surface area contributed by atoms with Gasteiger partial charge in [-0.15, -0.1) is 0 Å². The van der Waals surface area contributed by atoms with Crippen molar-refractivity contribution >= 4 is 5.91 Å². The summed E-state index contributed by atoms with van der Waals surface area (Å²) in [7, 11) is 0. The van der Waals surface area contributed by atoms with Gasteiger partial charge in [0.1, 0.15) is 5.75 Å². The summed E-state index contributed by atoms with van der Waals surface area (Å²) >= 11 is 0. The minimum atomic E-state index is -0.374. The molecule has 16 heavy (non-hydrogen) atoms. The van der Waals surface area contributed by atoms with Crippen molar-refractivity contribution in [1.82, 2.24) is 10.3 Å². The first-order valence-corrected chi connectivity index (χ1v) is 4.67. The maximum Gasteiger partial charge on any atom is 0.255 e. The van der Waals surface area contributed by atoms with Gasteiger partial charge in [-0.3, -0.25) is 9.78 Å². The summed E-state index contributed by atoms with van der Waals surface area (Å²) in [5, 5.41) is 15.2. The van der Waals surface area contributed by atoms with Gasteiger partial charge in [-0.1, -0.05) is 5.11 Å². The molecule has 1 amide bonds. The van der Waals surface area contributed by atoms with Crippen LogP contribution in [-0.4, -0.2) is 29.1 Å². The first kappa shape index (κ1) is 11.8. The fourth-order valence-electron chi connectivity index (χ4n) is 1.07. The number of nitrogens with zero attached hydrogens (tertiary/aromatic N) is 4. The molecule has 84 valence electrons. The van der Waals surface area contributed by atoms with Crippen LogP contribution in [0.25, 0.3) is 10.4 Å². The molecule has 0 fully saturated rings. The summed E-state index contributed by atoms with van der Waals surface area (Å²) in [6, 6.07) is 1.43. The Morgan fingerprint density at radius 2 is 2.50 bits per heavy atom. The summed E-state index contributed by atoms with van der Waals surface area (Å²) in [6.45, 7) is 0.721. The van der Waals surface area contributed by atoms with E-state index >= 15 is 0 Å². The van der Waals surface area contributed by atoms with E-state index in [1.807, 2.05) is 0 Å². The average molecular weight is 221 g/mol. The van der Waals surface area contributed by atoms with Gasteiger partial charge in [-0.25, -0.2) is 0 Å². The van der Waals surface area contributed by atoms with Crippen molar-refractivity contribution in [3.63, 3.8) is 0 Å². The second-order valence-electron chi connectivity index (χ2n) is 2.96. The van der Waals surface area contributed by atoms with Crippen molar-refractivity contribution < 1.29 is 9.90 Å². The van der Waals surface area contributed by atoms with Crippen LogP contribution in [0.15, 0.2) is 23.6 Å². The van der Waals surface area contributed by atoms with Crippen molar-refractivity contribution in [3.8, 4) is 5.75 Å². The van der Waals surface area contributed by atoms with E-state index in [0.717, 1.165) is 0 Å². The van der Waals surface area contributed by atoms with Crippen molar-refractivity contribution in [1.29, 1.82) is 0 Å². The van der Waals surface area contributed by atoms with Crippen LogP contribution in [0.1, 0.15) is 16.8 Å². The van der Waals surface area contributed by atoms with Crippen LogP contribution in [0.5, 0.6) is 5.75 Å². The lowest BCUT2D eigenvalue weighted by atomic mass is 10.2. The van der Waals surface area contributed by atoms with Gasteiger partial charge in [0.2, 0.25) is 0 Å². The molecule has 0 aliphatic carbocycles. The van der Waals surface area contributed by atoms with Crippen LogP contribution in [0.2, 0.25) is 0 Å². The first-order valence-electron chi connectivity index (χ1n) is 4.67. The smallest absolute Gasteiger partial charge is 0.255 e. The number of hydrogen-bond donors (Lipinski definition) is 2. The number of carbonyl (C=O) groups is 1. The van der Waals surface area contributed by atoms with Crippen LogP contribution in [0.4, 0.5) is 0 Å². The number of nitrogens with one attached hydrogen (secondary N) is 1. The van der Waals surface area contributed by atoms with E-state index in [1.165, 1.54) is 18.5 Å². The molecule has 0 radical (unpaired) electrons. The molecule has 2 N–H and O–H groups in total. The lowest BCUT2D eigenvalue weighted by molar-refractivity contribution is 0.0950. The number of pyridine rings is 1. The zero-order valence-electron chi connectivity index (χ0n) is 8.50. The second kappa shape index (κ2) is 6.26. The van der Waals surface area contributed by atoms with Crippen LogP contribution in [-0.2, 0) is 0 Å². The first-order chi connectivity index (χ1) is 7.75. The Labute approximate surface area is 91.8 Å². The molecule has 0 aromatic carbocycles. The summed E-state index contributed by atoms with van der Waals surface area (Å²) < 4.78 is 0. The lowest BCUT2D eigenvalue weighted by Gasteiger charge is -2.04. The maximum absolute atomic E-state index is 11.5. The van der Waals surface area contributed by atoms with Gasteiger partial charge in [0.15, 0.2) is 0 Å². The minimum absolute atomic E-state index is 0.157. The predicted molar refractivity (Wildman–Crippen MR) is 56.9 cm³/mol. The van der Waals surface area contributed by atoms with Crippen LogP contribution in [0.3, 0.4) is 0 Å². The van der Waals surface area contributed by atoms with E-state index in [1.54, 1.807) is 0 Å². The van der Waals surface area contributed by atoms with E-state index in [2.05, 4.69) is 20.3 Å². The second-order valence-corrected chi connectivity index (χ2v) is 2.96. The number of amides is 1. The molecule has 0 bridgehead atoms. The normalized spacial score (nSPS) is 9.25. The monoisotopic (exact) mass is 221 g/mol. The van der Waals surface area contributed by atoms with Gasteiger partial charge in [0.25, 0.3) is 5.91 Å². The molecule has 1 rings (SSSR count). The molecule has 1 heterocycles. The molecule has 0 saturated heterocycles. The van der Waals surface area contributed by atoms with Crippen molar-refractivity contribution in [2.75, 3.05) is 13.1 Å². The zero-order valence-corrected chi connectivity index (χ0v) is 8.50. The molecule has 0 aliphatic rings. The fourth-order valence-corrected chi connectivity index (χ4v) is 1.07. The van der Waals surface area contributed by atoms with Gasteiger partial charge in [0, 0.05) is 24.2 Å². The third-order valence-corrected chi connectivity index (χ3v) is 1.83. The number of aromatic hydroxyl groups is 1. The minimum Gasteiger partial charge on any atom is -0.505 e. The topological polar surface area (TPSA) is 111 Å². The quantitative estimate of drug-likeness (QED) is 0.337. The Balaban J connectivity index is 2.41. The molecule has 0 unspecified atom stereocenters. The molecule has 7 nitrogen and oxygen atoms in total. The summed E-state index contributed by atoms with van der Waals surface area (Å²) in [4.78, 5) is 17.7. The van der Waals surface area contributed by atoms with Crippen LogP contribution in [0, 0.1) is 0 Å². The lowest BCUT2D eigenvalue weighted by Crippen LogP contribution is -2.24. The molecular formula is C9H11N5O2. The molecule has 1 aromatic heterocycles. The molecule has 1 aromatic rings. The summed E-state index contributed by atoms with van der Waals surface area (Å²) in [6.07, 6.45) is 3.19. The van der Waals surface area contributed by atoms with E-state index < -0.39 is 0 Å². The van der Waals surface area contributed by atoms with Crippen LogP contribution >= 0.6 is 0 Å². The Morgan fingerprint density at radius 1 is 1.69 bits per heavy atom. The third-order valence-electron chi connectivity index (χ3n) is 1.83. The highest BCUT2D eigenvalue weighted by molar-refractivity contribution is 5.96.